The van der Waals surface area contributed by atoms with Gasteiger partial charge < -0.3 is 19.9 Å². The van der Waals surface area contributed by atoms with Crippen LogP contribution in [0, 0.1) is 0 Å². The Morgan fingerprint density at radius 1 is 1.03 bits per heavy atom. The molecular formula is C22H18F6N2O4S. The van der Waals surface area contributed by atoms with Gasteiger partial charge in [-0.1, -0.05) is 0 Å². The van der Waals surface area contributed by atoms with Crippen molar-refractivity contribution in [1.82, 2.24) is 4.98 Å². The normalized spacial score (nSPS) is 11.9. The molecule has 1 heterocycles. The van der Waals surface area contributed by atoms with Crippen LogP contribution in [0.25, 0.3) is 0 Å². The Labute approximate surface area is 199 Å². The Hall–Kier alpha value is -3.32. The second-order valence-electron chi connectivity index (χ2n) is 7.10. The SMILES string of the molecule is COc1ccc(NC(=O)c2cnc(Cc3cc(C(F)(F)F)cc(C(F)(F)F)c3)s2)cc1OCCO. The maximum atomic E-state index is 13.1. The van der Waals surface area contributed by atoms with Crippen LogP contribution in [0.3, 0.4) is 0 Å². The fourth-order valence-electron chi connectivity index (χ4n) is 3.01. The first kappa shape index (κ1) is 26.3. The summed E-state index contributed by atoms with van der Waals surface area (Å²) >= 11 is 0.833. The first-order valence-corrected chi connectivity index (χ1v) is 10.7. The number of nitrogens with zero attached hydrogens (tertiary/aromatic N) is 1. The number of hydrogen-bond donors (Lipinski definition) is 2. The zero-order chi connectivity index (χ0) is 25.8. The van der Waals surface area contributed by atoms with Crippen LogP contribution in [-0.2, 0) is 18.8 Å². The predicted octanol–water partition coefficient (Wildman–Crippen LogP) is 5.40. The fourth-order valence-corrected chi connectivity index (χ4v) is 3.86. The van der Waals surface area contributed by atoms with Crippen molar-refractivity contribution in [2.75, 3.05) is 25.6 Å². The van der Waals surface area contributed by atoms with Crippen molar-refractivity contribution in [2.24, 2.45) is 0 Å². The molecule has 35 heavy (non-hydrogen) atoms. The van der Waals surface area contributed by atoms with E-state index in [1.807, 2.05) is 0 Å². The van der Waals surface area contributed by atoms with E-state index in [1.165, 1.54) is 31.5 Å². The molecular weight excluding hydrogens is 502 g/mol. The highest BCUT2D eigenvalue weighted by molar-refractivity contribution is 7.13. The molecule has 0 aliphatic carbocycles. The van der Waals surface area contributed by atoms with Gasteiger partial charge in [-0.05, 0) is 35.9 Å². The van der Waals surface area contributed by atoms with Crippen molar-refractivity contribution < 1.29 is 45.7 Å². The number of ether oxygens (including phenoxy) is 2. The number of aliphatic hydroxyl groups is 1. The summed E-state index contributed by atoms with van der Waals surface area (Å²) < 4.78 is 88.9. The van der Waals surface area contributed by atoms with Crippen LogP contribution >= 0.6 is 11.3 Å². The zero-order valence-corrected chi connectivity index (χ0v) is 18.8. The van der Waals surface area contributed by atoms with Gasteiger partial charge in [-0.2, -0.15) is 26.3 Å². The van der Waals surface area contributed by atoms with E-state index in [0.717, 1.165) is 11.3 Å². The number of aliphatic hydroxyl groups excluding tert-OH is 1. The molecule has 3 rings (SSSR count). The highest BCUT2D eigenvalue weighted by atomic mass is 32.1. The third kappa shape index (κ3) is 6.85. The molecule has 0 bridgehead atoms. The van der Waals surface area contributed by atoms with Crippen molar-refractivity contribution in [2.45, 2.75) is 18.8 Å². The number of hydrogen-bond acceptors (Lipinski definition) is 6. The number of anilines is 1. The first-order chi connectivity index (χ1) is 16.4. The number of amides is 1. The molecule has 188 valence electrons. The maximum Gasteiger partial charge on any atom is 0.416 e. The topological polar surface area (TPSA) is 80.7 Å². The number of alkyl halides is 6. The van der Waals surface area contributed by atoms with Gasteiger partial charge >= 0.3 is 12.4 Å². The van der Waals surface area contributed by atoms with Crippen LogP contribution in [0.1, 0.15) is 31.4 Å². The summed E-state index contributed by atoms with van der Waals surface area (Å²) in [4.78, 5) is 16.6. The van der Waals surface area contributed by atoms with E-state index in [2.05, 4.69) is 10.3 Å². The highest BCUT2D eigenvalue weighted by Gasteiger charge is 2.37. The minimum absolute atomic E-state index is 0.00242. The van der Waals surface area contributed by atoms with Crippen LogP contribution in [0.2, 0.25) is 0 Å². The van der Waals surface area contributed by atoms with Crippen LogP contribution in [0.4, 0.5) is 32.0 Å². The molecule has 2 N–H and O–H groups in total. The first-order valence-electron chi connectivity index (χ1n) is 9.87. The van der Waals surface area contributed by atoms with Crippen LogP contribution in [0.15, 0.2) is 42.6 Å². The molecule has 0 saturated heterocycles. The van der Waals surface area contributed by atoms with Crippen molar-refractivity contribution in [3.05, 3.63) is 69.2 Å². The van der Waals surface area contributed by atoms with Gasteiger partial charge in [0.15, 0.2) is 11.5 Å². The average Bonchev–Trinajstić information content (AvgIpc) is 3.25. The molecule has 6 nitrogen and oxygen atoms in total. The Kier molecular flexibility index (Phi) is 7.90. The van der Waals surface area contributed by atoms with Gasteiger partial charge in [0.05, 0.1) is 36.0 Å². The molecule has 0 aliphatic heterocycles. The van der Waals surface area contributed by atoms with Gasteiger partial charge in [0.25, 0.3) is 5.91 Å². The van der Waals surface area contributed by atoms with Crippen LogP contribution < -0.4 is 14.8 Å². The third-order valence-electron chi connectivity index (χ3n) is 4.55. The van der Waals surface area contributed by atoms with E-state index in [0.29, 0.717) is 23.6 Å². The summed E-state index contributed by atoms with van der Waals surface area (Å²) in [5.41, 5.74) is -2.76. The molecule has 1 amide bonds. The second-order valence-corrected chi connectivity index (χ2v) is 8.22. The van der Waals surface area contributed by atoms with Gasteiger partial charge in [-0.25, -0.2) is 4.98 Å². The molecule has 1 aromatic heterocycles. The highest BCUT2D eigenvalue weighted by Crippen LogP contribution is 2.37. The van der Waals surface area contributed by atoms with Crippen LogP contribution in [-0.4, -0.2) is 36.3 Å². The summed E-state index contributed by atoms with van der Waals surface area (Å²) in [5, 5.41) is 11.7. The number of rotatable bonds is 8. The molecule has 0 unspecified atom stereocenters. The minimum Gasteiger partial charge on any atom is -0.493 e. The standard InChI is InChI=1S/C22H18F6N2O4S/c1-33-16-3-2-15(10-17(16)34-5-4-31)30-20(32)18-11-29-19(35-18)8-12-6-13(21(23,24)25)9-14(7-12)22(26,27)28/h2-3,6-7,9-11,31H,4-5,8H2,1H3,(H,30,32). The molecule has 0 radical (unpaired) electrons. The lowest BCUT2D eigenvalue weighted by molar-refractivity contribution is -0.143. The molecule has 13 heteroatoms. The summed E-state index contributed by atoms with van der Waals surface area (Å²) in [6.45, 7) is -0.239. The molecule has 0 atom stereocenters. The fraction of sp³-hybridized carbons (Fsp3) is 0.273. The maximum absolute atomic E-state index is 13.1. The Bertz CT molecular complexity index is 1160. The number of benzene rings is 2. The quantitative estimate of drug-likeness (QED) is 0.389. The lowest BCUT2D eigenvalue weighted by Gasteiger charge is -2.13. The molecule has 3 aromatic rings. The number of nitrogens with one attached hydrogen (secondary N) is 1. The molecule has 0 saturated carbocycles. The van der Waals surface area contributed by atoms with E-state index in [9.17, 15) is 31.1 Å². The van der Waals surface area contributed by atoms with Crippen molar-refractivity contribution in [3.8, 4) is 11.5 Å². The van der Waals surface area contributed by atoms with Gasteiger partial charge in [0.2, 0.25) is 0 Å². The summed E-state index contributed by atoms with van der Waals surface area (Å²) in [6, 6.07) is 5.84. The van der Waals surface area contributed by atoms with E-state index >= 15 is 0 Å². The summed E-state index contributed by atoms with van der Waals surface area (Å²) in [5.74, 6) is 0.0530. The van der Waals surface area contributed by atoms with E-state index in [4.69, 9.17) is 14.6 Å². The number of thiazole rings is 1. The largest absolute Gasteiger partial charge is 0.493 e. The van der Waals surface area contributed by atoms with E-state index in [-0.39, 0.29) is 46.9 Å². The average molecular weight is 520 g/mol. The number of aromatic nitrogens is 1. The summed E-state index contributed by atoms with van der Waals surface area (Å²) in [7, 11) is 1.42. The van der Waals surface area contributed by atoms with Crippen LogP contribution in [0.5, 0.6) is 11.5 Å². The molecule has 0 spiro atoms. The van der Waals surface area contributed by atoms with E-state index in [1.54, 1.807) is 0 Å². The molecule has 0 fully saturated rings. The second kappa shape index (κ2) is 10.5. The monoisotopic (exact) mass is 520 g/mol. The lowest BCUT2D eigenvalue weighted by Crippen LogP contribution is -2.12. The van der Waals surface area contributed by atoms with Gasteiger partial charge in [-0.15, -0.1) is 11.3 Å². The lowest BCUT2D eigenvalue weighted by atomic mass is 10.0. The number of carbonyl (C=O) groups is 1. The smallest absolute Gasteiger partial charge is 0.416 e. The number of carbonyl (C=O) groups excluding carboxylic acids is 1. The van der Waals surface area contributed by atoms with Gasteiger partial charge in [0, 0.05) is 18.2 Å². The number of methoxy groups -OCH3 is 1. The predicted molar refractivity (Wildman–Crippen MR) is 115 cm³/mol. The molecule has 2 aromatic carbocycles. The molecule has 0 aliphatic rings. The Morgan fingerprint density at radius 2 is 1.69 bits per heavy atom. The van der Waals surface area contributed by atoms with Gasteiger partial charge in [-0.3, -0.25) is 4.79 Å². The van der Waals surface area contributed by atoms with Crippen molar-refractivity contribution in [1.29, 1.82) is 0 Å². The van der Waals surface area contributed by atoms with Crippen molar-refractivity contribution in [3.63, 3.8) is 0 Å². The third-order valence-corrected chi connectivity index (χ3v) is 5.55. The minimum atomic E-state index is -4.96. The Balaban J connectivity index is 1.78. The Morgan fingerprint density at radius 3 is 2.26 bits per heavy atom. The zero-order valence-electron chi connectivity index (χ0n) is 18.0. The summed E-state index contributed by atoms with van der Waals surface area (Å²) in [6.07, 6.45) is -9.06. The van der Waals surface area contributed by atoms with Gasteiger partial charge in [0.1, 0.15) is 11.5 Å². The van der Waals surface area contributed by atoms with Crippen molar-refractivity contribution >= 4 is 22.9 Å². The van der Waals surface area contributed by atoms with E-state index < -0.39 is 29.4 Å². The number of halogens is 6.